The number of rotatable bonds is 7. The normalized spacial score (nSPS) is 24.2. The van der Waals surface area contributed by atoms with Gasteiger partial charge in [-0.1, -0.05) is 29.8 Å². The maximum Gasteiger partial charge on any atom is 0.416 e. The fourth-order valence-corrected chi connectivity index (χ4v) is 8.03. The molecule has 0 N–H and O–H groups in total. The summed E-state index contributed by atoms with van der Waals surface area (Å²) < 4.78 is 46.4. The number of carbonyl (C=O) groups excluding carboxylic acids is 2. The van der Waals surface area contributed by atoms with Gasteiger partial charge in [-0.15, -0.1) is 0 Å². The van der Waals surface area contributed by atoms with Gasteiger partial charge in [-0.2, -0.15) is 13.2 Å². The van der Waals surface area contributed by atoms with Gasteiger partial charge in [0, 0.05) is 42.0 Å². The number of hydrogen-bond donors (Lipinski definition) is 0. The van der Waals surface area contributed by atoms with Crippen LogP contribution in [0.5, 0.6) is 0 Å². The summed E-state index contributed by atoms with van der Waals surface area (Å²) in [5, 5.41) is 1.36. The average molecular weight is 616 g/mol. The van der Waals surface area contributed by atoms with Gasteiger partial charge in [0.05, 0.1) is 18.2 Å². The van der Waals surface area contributed by atoms with Crippen LogP contribution in [0.1, 0.15) is 66.6 Å². The minimum Gasteiger partial charge on any atom is -0.469 e. The van der Waals surface area contributed by atoms with Crippen LogP contribution in [-0.4, -0.2) is 65.1 Å². The highest BCUT2D eigenvalue weighted by Gasteiger charge is 2.50. The number of ether oxygens (including phenoxy) is 1. The molecule has 1 aromatic heterocycles. The molecule has 2 aromatic carbocycles. The lowest BCUT2D eigenvalue weighted by atomic mass is 9.69. The van der Waals surface area contributed by atoms with Crippen molar-refractivity contribution >= 4 is 34.4 Å². The number of amides is 1. The minimum atomic E-state index is -4.42. The Morgan fingerprint density at radius 2 is 1.77 bits per heavy atom. The first kappa shape index (κ1) is 30.0. The summed E-state index contributed by atoms with van der Waals surface area (Å²) in [7, 11) is 1.39. The highest BCUT2D eigenvalue weighted by molar-refractivity contribution is 6.31. The maximum atomic E-state index is 14.7. The summed E-state index contributed by atoms with van der Waals surface area (Å²) in [5.41, 5.74) is 1.20. The molecular weight excluding hydrogens is 579 g/mol. The molecule has 3 aromatic rings. The molecular formula is C33H37ClF3N3O3. The number of alkyl halides is 3. The predicted molar refractivity (Wildman–Crippen MR) is 159 cm³/mol. The van der Waals surface area contributed by atoms with E-state index in [2.05, 4.69) is 9.80 Å². The number of methoxy groups -OCH3 is 1. The number of benzene rings is 2. The summed E-state index contributed by atoms with van der Waals surface area (Å²) in [6, 6.07) is 12.9. The number of carbonyl (C=O) groups is 2. The lowest BCUT2D eigenvalue weighted by molar-refractivity contribution is -0.141. The highest BCUT2D eigenvalue weighted by Crippen LogP contribution is 2.44. The monoisotopic (exact) mass is 615 g/mol. The zero-order chi connectivity index (χ0) is 30.3. The topological polar surface area (TPSA) is 54.8 Å². The molecule has 0 unspecified atom stereocenters. The van der Waals surface area contributed by atoms with Gasteiger partial charge >= 0.3 is 12.1 Å². The third-order valence-electron chi connectivity index (χ3n) is 9.75. The molecule has 4 atom stereocenters. The molecule has 43 heavy (non-hydrogen) atoms. The summed E-state index contributed by atoms with van der Waals surface area (Å²) >= 11 is 6.38. The highest BCUT2D eigenvalue weighted by atomic mass is 35.5. The van der Waals surface area contributed by atoms with Gasteiger partial charge < -0.3 is 14.2 Å². The molecule has 4 heterocycles. The lowest BCUT2D eigenvalue weighted by Crippen LogP contribution is -2.65. The molecule has 10 heteroatoms. The second kappa shape index (κ2) is 12.2. The van der Waals surface area contributed by atoms with Gasteiger partial charge in [-0.3, -0.25) is 14.5 Å². The van der Waals surface area contributed by atoms with Crippen LogP contribution < -0.4 is 0 Å². The van der Waals surface area contributed by atoms with Crippen LogP contribution in [0, 0.1) is 11.8 Å². The number of aromatic nitrogens is 1. The molecule has 230 valence electrons. The van der Waals surface area contributed by atoms with Crippen molar-refractivity contribution in [2.24, 2.45) is 11.8 Å². The number of hydrogen-bond acceptors (Lipinski definition) is 4. The van der Waals surface area contributed by atoms with Crippen LogP contribution in [0.15, 0.2) is 48.5 Å². The van der Waals surface area contributed by atoms with E-state index < -0.39 is 11.7 Å². The van der Waals surface area contributed by atoms with Crippen molar-refractivity contribution in [3.63, 3.8) is 0 Å². The maximum absolute atomic E-state index is 14.7. The first-order chi connectivity index (χ1) is 20.6. The minimum absolute atomic E-state index is 0.0135. The largest absolute Gasteiger partial charge is 0.469 e. The number of halogens is 4. The zero-order valence-corrected chi connectivity index (χ0v) is 25.0. The van der Waals surface area contributed by atoms with Crippen molar-refractivity contribution in [1.29, 1.82) is 0 Å². The third-order valence-corrected chi connectivity index (χ3v) is 9.98. The smallest absolute Gasteiger partial charge is 0.416 e. The molecule has 0 aliphatic carbocycles. The van der Waals surface area contributed by atoms with Crippen LogP contribution in [0.25, 0.3) is 10.9 Å². The SMILES string of the molecule is COC(=O)CCC[C@@H]1[C@H]2CCCN3CCC[C@@H](CN1C(=O)c1cc4ccc(Cl)cc4n1Cc1ccc(C(F)(F)F)cc1)[C@@H]23. The molecule has 0 saturated carbocycles. The van der Waals surface area contributed by atoms with Crippen molar-refractivity contribution in [2.45, 2.75) is 69.8 Å². The van der Waals surface area contributed by atoms with Crippen molar-refractivity contribution < 1.29 is 27.5 Å². The molecule has 3 saturated heterocycles. The van der Waals surface area contributed by atoms with Gasteiger partial charge in [0.1, 0.15) is 5.69 Å². The number of nitrogens with zero attached hydrogens (tertiary/aromatic N) is 3. The van der Waals surface area contributed by atoms with Gasteiger partial charge in [0.25, 0.3) is 5.91 Å². The Kier molecular flexibility index (Phi) is 8.48. The molecule has 3 aliphatic heterocycles. The fourth-order valence-electron chi connectivity index (χ4n) is 7.86. The number of piperidine rings is 3. The molecule has 0 radical (unpaired) electrons. The Morgan fingerprint density at radius 1 is 1.02 bits per heavy atom. The lowest BCUT2D eigenvalue weighted by Gasteiger charge is -2.57. The van der Waals surface area contributed by atoms with Crippen LogP contribution in [-0.2, 0) is 22.3 Å². The van der Waals surface area contributed by atoms with Gasteiger partial charge in [-0.05, 0) is 99.3 Å². The van der Waals surface area contributed by atoms with Crippen molar-refractivity contribution in [2.75, 3.05) is 26.7 Å². The third kappa shape index (κ3) is 6.03. The van der Waals surface area contributed by atoms with E-state index in [0.717, 1.165) is 61.8 Å². The van der Waals surface area contributed by atoms with E-state index in [1.54, 1.807) is 12.1 Å². The summed E-state index contributed by atoms with van der Waals surface area (Å²) in [4.78, 5) is 31.3. The Labute approximate surface area is 254 Å². The van der Waals surface area contributed by atoms with Gasteiger partial charge in [-0.25, -0.2) is 0 Å². The first-order valence-corrected chi connectivity index (χ1v) is 15.6. The Bertz CT molecular complexity index is 1490. The van der Waals surface area contributed by atoms with Gasteiger partial charge in [0.15, 0.2) is 0 Å². The van der Waals surface area contributed by atoms with E-state index in [9.17, 15) is 22.8 Å². The van der Waals surface area contributed by atoms with Crippen LogP contribution >= 0.6 is 11.6 Å². The Hall–Kier alpha value is -3.04. The van der Waals surface area contributed by atoms with Crippen molar-refractivity contribution in [3.8, 4) is 0 Å². The van der Waals surface area contributed by atoms with E-state index in [4.69, 9.17) is 16.3 Å². The molecule has 3 fully saturated rings. The molecule has 0 bridgehead atoms. The molecule has 6 nitrogen and oxygen atoms in total. The van der Waals surface area contributed by atoms with Gasteiger partial charge in [0.2, 0.25) is 0 Å². The molecule has 6 rings (SSSR count). The summed E-state index contributed by atoms with van der Waals surface area (Å²) in [6.07, 6.45) is 1.59. The first-order valence-electron chi connectivity index (χ1n) is 15.2. The number of likely N-dealkylation sites (tertiary alicyclic amines) is 1. The van der Waals surface area contributed by atoms with Crippen molar-refractivity contribution in [1.82, 2.24) is 14.4 Å². The van der Waals surface area contributed by atoms with E-state index in [1.807, 2.05) is 16.7 Å². The van der Waals surface area contributed by atoms with E-state index in [1.165, 1.54) is 19.2 Å². The van der Waals surface area contributed by atoms with Crippen LogP contribution in [0.3, 0.4) is 0 Å². The van der Waals surface area contributed by atoms with E-state index in [-0.39, 0.29) is 24.5 Å². The summed E-state index contributed by atoms with van der Waals surface area (Å²) in [5.74, 6) is 0.394. The second-order valence-electron chi connectivity index (χ2n) is 12.2. The van der Waals surface area contributed by atoms with E-state index >= 15 is 0 Å². The second-order valence-corrected chi connectivity index (χ2v) is 12.7. The predicted octanol–water partition coefficient (Wildman–Crippen LogP) is 7.02. The average Bonchev–Trinajstić information content (AvgIpc) is 3.34. The fraction of sp³-hybridized carbons (Fsp3) is 0.515. The van der Waals surface area contributed by atoms with Crippen molar-refractivity contribution in [3.05, 3.63) is 70.4 Å². The molecule has 3 aliphatic rings. The van der Waals surface area contributed by atoms with Crippen LogP contribution in [0.4, 0.5) is 13.2 Å². The molecule has 0 spiro atoms. The standard InChI is InChI=1S/C33H37ClF3N3O3/c1-43-30(41)8-2-7-27-26-6-4-16-38-15-3-5-23(31(26)38)20-40(27)32(42)29-17-22-11-14-25(34)18-28(22)39(29)19-21-9-12-24(13-10-21)33(35,36)37/h9-14,17-18,23,26-27,31H,2-8,15-16,19-20H2,1H3/t23-,26+,27+,31-/m0/s1. The summed E-state index contributed by atoms with van der Waals surface area (Å²) in [6.45, 7) is 3.08. The Balaban J connectivity index is 1.36. The zero-order valence-electron chi connectivity index (χ0n) is 24.3. The Morgan fingerprint density at radius 3 is 2.49 bits per heavy atom. The van der Waals surface area contributed by atoms with E-state index in [0.29, 0.717) is 60.0 Å². The quantitative estimate of drug-likeness (QED) is 0.268. The molecule has 1 amide bonds. The van der Waals surface area contributed by atoms with Crippen LogP contribution in [0.2, 0.25) is 5.02 Å². The number of esters is 1. The number of fused-ring (bicyclic) bond motifs is 1.